The second-order valence-corrected chi connectivity index (χ2v) is 5.70. The summed E-state index contributed by atoms with van der Waals surface area (Å²) in [6.07, 6.45) is 1.85. The average molecular weight is 300 g/mol. The highest BCUT2D eigenvalue weighted by Crippen LogP contribution is 2.34. The van der Waals surface area contributed by atoms with Crippen LogP contribution in [0.3, 0.4) is 0 Å². The van der Waals surface area contributed by atoms with Gasteiger partial charge in [-0.15, -0.1) is 11.3 Å². The molecule has 2 aromatic heterocycles. The number of thioether (sulfide) groups is 1. The number of aryl methyl sites for hydroxylation is 1. The third-order valence-corrected chi connectivity index (χ3v) is 4.57. The van der Waals surface area contributed by atoms with Crippen molar-refractivity contribution in [3.05, 3.63) is 15.9 Å². The maximum atomic E-state index is 12.1. The number of hydrogen-bond acceptors (Lipinski definition) is 7. The molecule has 0 aliphatic heterocycles. The minimum absolute atomic E-state index is 0.137. The highest BCUT2D eigenvalue weighted by molar-refractivity contribution is 8.00. The van der Waals surface area contributed by atoms with E-state index in [-0.39, 0.29) is 17.9 Å². The summed E-state index contributed by atoms with van der Waals surface area (Å²) in [6, 6.07) is 0. The summed E-state index contributed by atoms with van der Waals surface area (Å²) in [6.45, 7) is 1.77. The number of carbonyl (C=O) groups is 1. The van der Waals surface area contributed by atoms with Crippen molar-refractivity contribution in [3.63, 3.8) is 0 Å². The van der Waals surface area contributed by atoms with E-state index >= 15 is 0 Å². The summed E-state index contributed by atoms with van der Waals surface area (Å²) in [4.78, 5) is 28.1. The molecule has 6 nitrogen and oxygen atoms in total. The van der Waals surface area contributed by atoms with E-state index < -0.39 is 11.5 Å². The number of ether oxygens (including phenoxy) is 1. The van der Waals surface area contributed by atoms with Gasteiger partial charge in [0.1, 0.15) is 4.70 Å². The van der Waals surface area contributed by atoms with Gasteiger partial charge in [-0.1, -0.05) is 11.8 Å². The molecule has 0 atom stereocenters. The monoisotopic (exact) mass is 300 g/mol. The molecule has 0 radical (unpaired) electrons. The number of aromatic nitrogens is 2. The van der Waals surface area contributed by atoms with Crippen LogP contribution in [0.2, 0.25) is 0 Å². The third-order valence-electron chi connectivity index (χ3n) is 2.53. The number of rotatable bonds is 3. The van der Waals surface area contributed by atoms with Crippen molar-refractivity contribution in [2.45, 2.75) is 11.3 Å². The Morgan fingerprint density at radius 2 is 2.26 bits per heavy atom. The van der Waals surface area contributed by atoms with Crippen LogP contribution in [0.25, 0.3) is 10.3 Å². The highest BCUT2D eigenvalue weighted by atomic mass is 32.2. The summed E-state index contributed by atoms with van der Waals surface area (Å²) in [5.41, 5.74) is -0.584. The van der Waals surface area contributed by atoms with Crippen molar-refractivity contribution >= 4 is 39.4 Å². The van der Waals surface area contributed by atoms with Gasteiger partial charge in [-0.25, -0.2) is 9.78 Å². The van der Waals surface area contributed by atoms with E-state index in [1.807, 2.05) is 6.26 Å². The number of hydrogen-bond donors (Lipinski definition) is 1. The normalized spacial score (nSPS) is 10.9. The Hall–Kier alpha value is -1.54. The third kappa shape index (κ3) is 2.21. The SMILES string of the molecule is CCOC(=O)c1c(O)c2sc(SC)nc2n(C)c1=O. The number of nitrogens with zero attached hydrogens (tertiary/aromatic N) is 2. The fraction of sp³-hybridized carbons (Fsp3) is 0.364. The van der Waals surface area contributed by atoms with Crippen LogP contribution in [-0.2, 0) is 11.8 Å². The first-order valence-electron chi connectivity index (χ1n) is 5.44. The summed E-state index contributed by atoms with van der Waals surface area (Å²) in [5, 5.41) is 10.1. The molecule has 0 saturated heterocycles. The molecule has 0 spiro atoms. The molecule has 0 amide bonds. The van der Waals surface area contributed by atoms with Crippen molar-refractivity contribution in [3.8, 4) is 5.75 Å². The fourth-order valence-electron chi connectivity index (χ4n) is 1.63. The van der Waals surface area contributed by atoms with E-state index in [4.69, 9.17) is 4.74 Å². The Balaban J connectivity index is 2.79. The molecular weight excluding hydrogens is 288 g/mol. The second-order valence-electron chi connectivity index (χ2n) is 3.64. The van der Waals surface area contributed by atoms with Crippen LogP contribution in [0, 0.1) is 0 Å². The number of aromatic hydroxyl groups is 1. The molecule has 0 fully saturated rings. The van der Waals surface area contributed by atoms with Gasteiger partial charge in [-0.3, -0.25) is 9.36 Å². The lowest BCUT2D eigenvalue weighted by Crippen LogP contribution is -2.26. The van der Waals surface area contributed by atoms with Crippen LogP contribution in [0.5, 0.6) is 5.75 Å². The van der Waals surface area contributed by atoms with Crippen molar-refractivity contribution in [1.29, 1.82) is 0 Å². The molecule has 0 aromatic carbocycles. The summed E-state index contributed by atoms with van der Waals surface area (Å²) in [7, 11) is 1.51. The molecule has 1 N–H and O–H groups in total. The van der Waals surface area contributed by atoms with Crippen molar-refractivity contribution in [1.82, 2.24) is 9.55 Å². The summed E-state index contributed by atoms with van der Waals surface area (Å²) >= 11 is 2.64. The number of esters is 1. The topological polar surface area (TPSA) is 81.4 Å². The molecule has 0 bridgehead atoms. The van der Waals surface area contributed by atoms with Gasteiger partial charge in [-0.05, 0) is 13.2 Å². The van der Waals surface area contributed by atoms with Crippen molar-refractivity contribution < 1.29 is 14.6 Å². The molecule has 0 aliphatic carbocycles. The van der Waals surface area contributed by atoms with Gasteiger partial charge in [0.05, 0.1) is 6.61 Å². The van der Waals surface area contributed by atoms with Crippen LogP contribution in [0.15, 0.2) is 9.13 Å². The van der Waals surface area contributed by atoms with E-state index in [9.17, 15) is 14.7 Å². The molecule has 2 heterocycles. The van der Waals surface area contributed by atoms with E-state index in [1.54, 1.807) is 6.92 Å². The van der Waals surface area contributed by atoms with E-state index in [0.29, 0.717) is 14.7 Å². The first-order chi connectivity index (χ1) is 9.01. The Morgan fingerprint density at radius 1 is 1.58 bits per heavy atom. The zero-order chi connectivity index (χ0) is 14.2. The Labute approximate surface area is 117 Å². The van der Waals surface area contributed by atoms with Gasteiger partial charge in [0, 0.05) is 7.05 Å². The fourth-order valence-corrected chi connectivity index (χ4v) is 3.17. The van der Waals surface area contributed by atoms with E-state index in [2.05, 4.69) is 4.98 Å². The molecule has 0 aliphatic rings. The first-order valence-corrected chi connectivity index (χ1v) is 7.49. The van der Waals surface area contributed by atoms with E-state index in [1.165, 1.54) is 34.7 Å². The van der Waals surface area contributed by atoms with Crippen LogP contribution < -0.4 is 5.56 Å². The number of thiazole rings is 1. The highest BCUT2D eigenvalue weighted by Gasteiger charge is 2.24. The lowest BCUT2D eigenvalue weighted by atomic mass is 10.2. The summed E-state index contributed by atoms with van der Waals surface area (Å²) in [5.74, 6) is -1.17. The second kappa shape index (κ2) is 5.22. The molecule has 2 aromatic rings. The molecular formula is C11H12N2O4S2. The molecule has 0 saturated carbocycles. The molecule has 19 heavy (non-hydrogen) atoms. The molecule has 102 valence electrons. The predicted molar refractivity (Wildman–Crippen MR) is 74.3 cm³/mol. The Morgan fingerprint density at radius 3 is 2.84 bits per heavy atom. The standard InChI is InChI=1S/C11H12N2O4S2/c1-4-17-10(16)5-6(14)7-8(13(2)9(5)15)12-11(18-3)19-7/h14H,4H2,1-3H3. The van der Waals surface area contributed by atoms with Crippen LogP contribution in [0.4, 0.5) is 0 Å². The van der Waals surface area contributed by atoms with Crippen molar-refractivity contribution in [2.24, 2.45) is 7.05 Å². The van der Waals surface area contributed by atoms with Gasteiger partial charge < -0.3 is 9.84 Å². The number of carbonyl (C=O) groups excluding carboxylic acids is 1. The van der Waals surface area contributed by atoms with Crippen LogP contribution in [-0.4, -0.2) is 33.5 Å². The number of pyridine rings is 1. The van der Waals surface area contributed by atoms with Crippen LogP contribution in [0.1, 0.15) is 17.3 Å². The van der Waals surface area contributed by atoms with Crippen LogP contribution >= 0.6 is 23.1 Å². The zero-order valence-electron chi connectivity index (χ0n) is 10.6. The minimum Gasteiger partial charge on any atom is -0.505 e. The first kappa shape index (κ1) is 13.9. The molecule has 0 unspecified atom stereocenters. The molecule has 8 heteroatoms. The largest absolute Gasteiger partial charge is 0.505 e. The maximum Gasteiger partial charge on any atom is 0.347 e. The lowest BCUT2D eigenvalue weighted by Gasteiger charge is -2.06. The zero-order valence-corrected chi connectivity index (χ0v) is 12.2. The van der Waals surface area contributed by atoms with Gasteiger partial charge in [-0.2, -0.15) is 0 Å². The average Bonchev–Trinajstić information content (AvgIpc) is 2.81. The number of fused-ring (bicyclic) bond motifs is 1. The minimum atomic E-state index is -0.818. The van der Waals surface area contributed by atoms with Gasteiger partial charge >= 0.3 is 5.97 Å². The van der Waals surface area contributed by atoms with Gasteiger partial charge in [0.15, 0.2) is 21.3 Å². The quantitative estimate of drug-likeness (QED) is 0.685. The Bertz CT molecular complexity index is 705. The maximum absolute atomic E-state index is 12.1. The predicted octanol–water partition coefficient (Wildman–Crippen LogP) is 1.60. The van der Waals surface area contributed by atoms with Gasteiger partial charge in [0.25, 0.3) is 5.56 Å². The smallest absolute Gasteiger partial charge is 0.347 e. The van der Waals surface area contributed by atoms with E-state index in [0.717, 1.165) is 0 Å². The summed E-state index contributed by atoms with van der Waals surface area (Å²) < 4.78 is 7.16. The molecule has 2 rings (SSSR count). The lowest BCUT2D eigenvalue weighted by molar-refractivity contribution is 0.0520. The van der Waals surface area contributed by atoms with Gasteiger partial charge in [0.2, 0.25) is 0 Å². The Kier molecular flexibility index (Phi) is 3.81. The van der Waals surface area contributed by atoms with Crippen molar-refractivity contribution in [2.75, 3.05) is 12.9 Å².